The molecule has 0 aliphatic heterocycles. The van der Waals surface area contributed by atoms with Crippen molar-refractivity contribution in [2.45, 2.75) is 12.5 Å². The van der Waals surface area contributed by atoms with Crippen LogP contribution < -0.4 is 10.6 Å². The Hall–Kier alpha value is -1.94. The lowest BCUT2D eigenvalue weighted by Gasteiger charge is -2.17. The van der Waals surface area contributed by atoms with Crippen LogP contribution in [0.2, 0.25) is 0 Å². The number of ketones is 1. The molecule has 0 fully saturated rings. The highest BCUT2D eigenvalue weighted by Gasteiger charge is 2.22. The fourth-order valence-electron chi connectivity index (χ4n) is 2.28. The van der Waals surface area contributed by atoms with Crippen LogP contribution in [0.3, 0.4) is 0 Å². The van der Waals surface area contributed by atoms with Crippen molar-refractivity contribution in [3.8, 4) is 0 Å². The van der Waals surface area contributed by atoms with Crippen LogP contribution in [0.15, 0.2) is 53.0 Å². The number of Topliss-reactive ketones (excluding diaryl/α,β-unsaturated/α-hetero) is 1. The van der Waals surface area contributed by atoms with Crippen LogP contribution in [0.4, 0.5) is 4.79 Å². The Balaban J connectivity index is 2.03. The van der Waals surface area contributed by atoms with Crippen LogP contribution in [0.5, 0.6) is 0 Å². The maximum absolute atomic E-state index is 12.4. The molecular weight excluding hydrogens is 515 g/mol. The number of hydrogen-bond donors (Lipinski definition) is 3. The molecule has 26 heavy (non-hydrogen) atoms. The second kappa shape index (κ2) is 9.67. The van der Waals surface area contributed by atoms with E-state index in [1.54, 1.807) is 30.3 Å². The van der Waals surface area contributed by atoms with Crippen LogP contribution in [-0.2, 0) is 11.2 Å². The zero-order valence-corrected chi connectivity index (χ0v) is 17.3. The highest BCUT2D eigenvalue weighted by Crippen LogP contribution is 2.21. The third-order valence-corrected chi connectivity index (χ3v) is 5.89. The van der Waals surface area contributed by atoms with E-state index in [1.807, 2.05) is 18.2 Å². The number of carboxylic acid groups (broad SMARTS) is 1. The van der Waals surface area contributed by atoms with Crippen LogP contribution in [0.1, 0.15) is 15.9 Å². The molecule has 3 N–H and O–H groups in total. The number of carbonyl (C=O) groups excluding carboxylic acids is 2. The molecule has 0 spiro atoms. The van der Waals surface area contributed by atoms with Gasteiger partial charge in [0, 0.05) is 20.0 Å². The number of halogens is 2. The van der Waals surface area contributed by atoms with Crippen LogP contribution in [0.25, 0.3) is 0 Å². The summed E-state index contributed by atoms with van der Waals surface area (Å²) in [6.07, 6.45) is -1.13. The van der Waals surface area contributed by atoms with Gasteiger partial charge in [-0.2, -0.15) is 0 Å². The van der Waals surface area contributed by atoms with Gasteiger partial charge in [0.15, 0.2) is 5.78 Å². The zero-order chi connectivity index (χ0) is 19.1. The fraction of sp³-hybridized carbons (Fsp3) is 0.167. The van der Waals surface area contributed by atoms with E-state index in [9.17, 15) is 14.4 Å². The third kappa shape index (κ3) is 6.10. The van der Waals surface area contributed by atoms with Crippen molar-refractivity contribution in [1.82, 2.24) is 10.6 Å². The predicted octanol–water partition coefficient (Wildman–Crippen LogP) is 3.23. The van der Waals surface area contributed by atoms with Crippen molar-refractivity contribution < 1.29 is 19.5 Å². The average Bonchev–Trinajstić information content (AvgIpc) is 2.62. The Morgan fingerprint density at radius 3 is 2.42 bits per heavy atom. The van der Waals surface area contributed by atoms with Gasteiger partial charge >= 0.3 is 6.09 Å². The van der Waals surface area contributed by atoms with E-state index in [4.69, 9.17) is 5.11 Å². The molecule has 2 aromatic carbocycles. The Morgan fingerprint density at radius 2 is 1.81 bits per heavy atom. The molecule has 2 aromatic rings. The summed E-state index contributed by atoms with van der Waals surface area (Å²) in [7, 11) is 0. The standard InChI is InChI=1S/C18H16BrIN2O4/c19-13-8-11(6-7-14(13)20)9-15(22-18(25)26)17(24)21-10-16(23)12-4-2-1-3-5-12/h1-8,15,22H,9-10H2,(H,21,24)(H,25,26)/t15-/m0/s1. The first-order chi connectivity index (χ1) is 12.4. The van der Waals surface area contributed by atoms with Crippen LogP contribution in [0, 0.1) is 3.57 Å². The minimum atomic E-state index is -1.30. The SMILES string of the molecule is O=C(O)N[C@@H](Cc1ccc(I)c(Br)c1)C(=O)NCC(=O)c1ccccc1. The fourth-order valence-corrected chi connectivity index (χ4v) is 3.04. The normalized spacial score (nSPS) is 11.5. The molecule has 0 aliphatic carbocycles. The highest BCUT2D eigenvalue weighted by atomic mass is 127. The van der Waals surface area contributed by atoms with Gasteiger partial charge in [0.25, 0.3) is 0 Å². The molecular formula is C18H16BrIN2O4. The summed E-state index contributed by atoms with van der Waals surface area (Å²) in [5, 5.41) is 13.7. The molecule has 0 radical (unpaired) electrons. The molecule has 136 valence electrons. The molecule has 8 heteroatoms. The Kier molecular flexibility index (Phi) is 7.58. The lowest BCUT2D eigenvalue weighted by Crippen LogP contribution is -2.48. The molecule has 2 rings (SSSR count). The monoisotopic (exact) mass is 530 g/mol. The summed E-state index contributed by atoms with van der Waals surface area (Å²) in [5.41, 5.74) is 1.28. The van der Waals surface area contributed by atoms with E-state index in [2.05, 4.69) is 49.2 Å². The lowest BCUT2D eigenvalue weighted by atomic mass is 10.1. The maximum atomic E-state index is 12.4. The van der Waals surface area contributed by atoms with Gasteiger partial charge in [-0.05, 0) is 56.2 Å². The van der Waals surface area contributed by atoms with E-state index in [0.717, 1.165) is 13.6 Å². The summed E-state index contributed by atoms with van der Waals surface area (Å²) < 4.78 is 1.87. The van der Waals surface area contributed by atoms with E-state index in [1.165, 1.54) is 0 Å². The second-order valence-corrected chi connectivity index (χ2v) is 7.48. The maximum Gasteiger partial charge on any atom is 0.405 e. The predicted molar refractivity (Wildman–Crippen MR) is 109 cm³/mol. The summed E-state index contributed by atoms with van der Waals surface area (Å²) in [4.78, 5) is 35.5. The van der Waals surface area contributed by atoms with Crippen molar-refractivity contribution in [3.05, 3.63) is 67.7 Å². The Morgan fingerprint density at radius 1 is 1.12 bits per heavy atom. The lowest BCUT2D eigenvalue weighted by molar-refractivity contribution is -0.122. The number of hydrogen-bond acceptors (Lipinski definition) is 3. The first kappa shape index (κ1) is 20.4. The minimum Gasteiger partial charge on any atom is -0.465 e. The molecule has 1 atom stereocenters. The molecule has 2 amide bonds. The van der Waals surface area contributed by atoms with Crippen molar-refractivity contribution in [2.75, 3.05) is 6.54 Å². The highest BCUT2D eigenvalue weighted by molar-refractivity contribution is 14.1. The van der Waals surface area contributed by atoms with Gasteiger partial charge in [0.05, 0.1) is 6.54 Å². The van der Waals surface area contributed by atoms with Gasteiger partial charge in [-0.25, -0.2) is 4.79 Å². The van der Waals surface area contributed by atoms with E-state index in [0.29, 0.717) is 5.56 Å². The van der Waals surface area contributed by atoms with E-state index >= 15 is 0 Å². The van der Waals surface area contributed by atoms with Gasteiger partial charge in [0.2, 0.25) is 5.91 Å². The molecule has 0 saturated heterocycles. The molecule has 0 saturated carbocycles. The first-order valence-corrected chi connectivity index (χ1v) is 9.53. The summed E-state index contributed by atoms with van der Waals surface area (Å²) in [6, 6.07) is 13.1. The summed E-state index contributed by atoms with van der Waals surface area (Å²) >= 11 is 5.57. The zero-order valence-electron chi connectivity index (χ0n) is 13.5. The quantitative estimate of drug-likeness (QED) is 0.378. The molecule has 0 bridgehead atoms. The number of rotatable bonds is 7. The number of nitrogens with one attached hydrogen (secondary N) is 2. The van der Waals surface area contributed by atoms with Gasteiger partial charge in [-0.1, -0.05) is 36.4 Å². The minimum absolute atomic E-state index is 0.174. The van der Waals surface area contributed by atoms with Crippen molar-refractivity contribution in [1.29, 1.82) is 0 Å². The number of amides is 2. The van der Waals surface area contributed by atoms with Gasteiger partial charge in [0.1, 0.15) is 6.04 Å². The van der Waals surface area contributed by atoms with E-state index in [-0.39, 0.29) is 18.7 Å². The number of carbonyl (C=O) groups is 3. The molecule has 0 aliphatic rings. The number of benzene rings is 2. The smallest absolute Gasteiger partial charge is 0.405 e. The van der Waals surface area contributed by atoms with Crippen molar-refractivity contribution in [2.24, 2.45) is 0 Å². The van der Waals surface area contributed by atoms with Gasteiger partial charge in [-0.15, -0.1) is 0 Å². The molecule has 6 nitrogen and oxygen atoms in total. The van der Waals surface area contributed by atoms with Gasteiger partial charge < -0.3 is 15.7 Å². The topological polar surface area (TPSA) is 95.5 Å². The summed E-state index contributed by atoms with van der Waals surface area (Å²) in [5.74, 6) is -0.795. The van der Waals surface area contributed by atoms with Crippen molar-refractivity contribution >= 4 is 56.3 Å². The summed E-state index contributed by atoms with van der Waals surface area (Å²) in [6.45, 7) is -0.197. The van der Waals surface area contributed by atoms with Gasteiger partial charge in [-0.3, -0.25) is 9.59 Å². The van der Waals surface area contributed by atoms with E-state index < -0.39 is 18.0 Å². The first-order valence-electron chi connectivity index (χ1n) is 7.66. The molecule has 0 heterocycles. The molecule has 0 aromatic heterocycles. The average molecular weight is 531 g/mol. The third-order valence-electron chi connectivity index (χ3n) is 3.56. The van der Waals surface area contributed by atoms with Crippen LogP contribution >= 0.6 is 38.5 Å². The Labute approximate surface area is 172 Å². The Bertz CT molecular complexity index is 814. The largest absolute Gasteiger partial charge is 0.465 e. The second-order valence-electron chi connectivity index (χ2n) is 5.46. The van der Waals surface area contributed by atoms with Crippen LogP contribution in [-0.4, -0.2) is 35.5 Å². The van der Waals surface area contributed by atoms with Crippen molar-refractivity contribution in [3.63, 3.8) is 0 Å². The molecule has 0 unspecified atom stereocenters.